The Morgan fingerprint density at radius 1 is 1.50 bits per heavy atom. The van der Waals surface area contributed by atoms with Gasteiger partial charge >= 0.3 is 0 Å². The molecule has 1 aromatic carbocycles. The lowest BCUT2D eigenvalue weighted by Crippen LogP contribution is -2.25. The highest BCUT2D eigenvalue weighted by atomic mass is 32.2. The Hall–Kier alpha value is -1.30. The van der Waals surface area contributed by atoms with E-state index in [1.807, 2.05) is 0 Å². The van der Waals surface area contributed by atoms with E-state index in [0.717, 1.165) is 6.26 Å². The Morgan fingerprint density at radius 3 is 2.69 bits per heavy atom. The van der Waals surface area contributed by atoms with Crippen LogP contribution in [0.1, 0.15) is 6.92 Å². The molecule has 0 amide bonds. The van der Waals surface area contributed by atoms with Gasteiger partial charge in [0.2, 0.25) is 0 Å². The van der Waals surface area contributed by atoms with Crippen LogP contribution in [0, 0.1) is 5.82 Å². The number of benzene rings is 1. The zero-order valence-corrected chi connectivity index (χ0v) is 10.0. The number of anilines is 2. The van der Waals surface area contributed by atoms with Crippen LogP contribution in [-0.4, -0.2) is 26.5 Å². The number of nitrogen functional groups attached to an aromatic ring is 1. The van der Waals surface area contributed by atoms with E-state index < -0.39 is 15.7 Å². The average molecular weight is 246 g/mol. The highest BCUT2D eigenvalue weighted by molar-refractivity contribution is 7.90. The molecule has 0 bridgehead atoms. The van der Waals surface area contributed by atoms with E-state index in [4.69, 9.17) is 5.73 Å². The minimum Gasteiger partial charge on any atom is -0.395 e. The third-order valence-corrected chi connectivity index (χ3v) is 3.11. The molecule has 0 spiro atoms. The molecule has 1 unspecified atom stereocenters. The number of halogens is 1. The third-order valence-electron chi connectivity index (χ3n) is 2.01. The maximum Gasteiger partial charge on any atom is 0.149 e. The van der Waals surface area contributed by atoms with Crippen molar-refractivity contribution in [2.24, 2.45) is 0 Å². The van der Waals surface area contributed by atoms with Crippen molar-refractivity contribution in [2.75, 3.05) is 23.1 Å². The van der Waals surface area contributed by atoms with Gasteiger partial charge in [0.1, 0.15) is 15.7 Å². The summed E-state index contributed by atoms with van der Waals surface area (Å²) in [6, 6.07) is 4.05. The summed E-state index contributed by atoms with van der Waals surface area (Å²) in [5.74, 6) is -0.542. The fourth-order valence-corrected chi connectivity index (χ4v) is 2.42. The van der Waals surface area contributed by atoms with Crippen molar-refractivity contribution < 1.29 is 12.8 Å². The topological polar surface area (TPSA) is 72.2 Å². The summed E-state index contributed by atoms with van der Waals surface area (Å²) in [5.41, 5.74) is 5.92. The molecule has 0 aliphatic rings. The van der Waals surface area contributed by atoms with Crippen molar-refractivity contribution >= 4 is 21.2 Å². The molecule has 1 rings (SSSR count). The molecule has 0 aliphatic heterocycles. The molecule has 1 atom stereocenters. The van der Waals surface area contributed by atoms with Crippen molar-refractivity contribution in [1.82, 2.24) is 0 Å². The highest BCUT2D eigenvalue weighted by Crippen LogP contribution is 2.21. The van der Waals surface area contributed by atoms with Crippen molar-refractivity contribution in [1.29, 1.82) is 0 Å². The van der Waals surface area contributed by atoms with Crippen LogP contribution < -0.4 is 11.1 Å². The van der Waals surface area contributed by atoms with E-state index in [0.29, 0.717) is 5.69 Å². The Kier molecular flexibility index (Phi) is 3.74. The van der Waals surface area contributed by atoms with Crippen molar-refractivity contribution in [3.8, 4) is 0 Å². The SMILES string of the molecule is CC(CS(C)(=O)=O)Nc1cccc(F)c1N. The maximum absolute atomic E-state index is 13.1. The van der Waals surface area contributed by atoms with Gasteiger partial charge in [-0.1, -0.05) is 6.07 Å². The smallest absolute Gasteiger partial charge is 0.149 e. The first kappa shape index (κ1) is 12.8. The van der Waals surface area contributed by atoms with Crippen molar-refractivity contribution in [2.45, 2.75) is 13.0 Å². The van der Waals surface area contributed by atoms with Gasteiger partial charge < -0.3 is 11.1 Å². The van der Waals surface area contributed by atoms with Crippen LogP contribution in [0.5, 0.6) is 0 Å². The second kappa shape index (κ2) is 4.69. The quantitative estimate of drug-likeness (QED) is 0.784. The van der Waals surface area contributed by atoms with Crippen LogP contribution in [0.4, 0.5) is 15.8 Å². The van der Waals surface area contributed by atoms with E-state index in [2.05, 4.69) is 5.32 Å². The molecule has 3 N–H and O–H groups in total. The zero-order valence-electron chi connectivity index (χ0n) is 9.20. The number of para-hydroxylation sites is 1. The fourth-order valence-electron chi connectivity index (χ4n) is 1.42. The van der Waals surface area contributed by atoms with Gasteiger partial charge in [0, 0.05) is 12.3 Å². The second-order valence-electron chi connectivity index (χ2n) is 3.84. The minimum absolute atomic E-state index is 0.00264. The zero-order chi connectivity index (χ0) is 12.3. The van der Waals surface area contributed by atoms with Gasteiger partial charge in [-0.25, -0.2) is 12.8 Å². The summed E-state index contributed by atoms with van der Waals surface area (Å²) in [7, 11) is -3.06. The molecule has 0 saturated carbocycles. The first-order valence-electron chi connectivity index (χ1n) is 4.78. The summed E-state index contributed by atoms with van der Waals surface area (Å²) in [5, 5.41) is 2.86. The lowest BCUT2D eigenvalue weighted by atomic mass is 10.2. The standard InChI is InChI=1S/C10H15FN2O2S/c1-7(6-16(2,14)15)13-9-5-3-4-8(11)10(9)12/h3-5,7,13H,6,12H2,1-2H3. The minimum atomic E-state index is -3.06. The molecule has 0 fully saturated rings. The lowest BCUT2D eigenvalue weighted by molar-refractivity contribution is 0.598. The van der Waals surface area contributed by atoms with Gasteiger partial charge in [-0.3, -0.25) is 0 Å². The summed E-state index contributed by atoms with van der Waals surface area (Å²) >= 11 is 0. The van der Waals surface area contributed by atoms with Gasteiger partial charge in [-0.15, -0.1) is 0 Å². The molecule has 0 saturated heterocycles. The molecule has 0 heterocycles. The number of nitrogens with one attached hydrogen (secondary N) is 1. The molecule has 16 heavy (non-hydrogen) atoms. The second-order valence-corrected chi connectivity index (χ2v) is 6.02. The monoisotopic (exact) mass is 246 g/mol. The van der Waals surface area contributed by atoms with Gasteiger partial charge in [0.25, 0.3) is 0 Å². The van der Waals surface area contributed by atoms with Crippen LogP contribution in [0.3, 0.4) is 0 Å². The van der Waals surface area contributed by atoms with Crippen LogP contribution in [-0.2, 0) is 9.84 Å². The predicted molar refractivity (Wildman–Crippen MR) is 63.6 cm³/mol. The van der Waals surface area contributed by atoms with E-state index in [-0.39, 0.29) is 17.5 Å². The van der Waals surface area contributed by atoms with E-state index >= 15 is 0 Å². The van der Waals surface area contributed by atoms with Crippen LogP contribution in [0.15, 0.2) is 18.2 Å². The third kappa shape index (κ3) is 3.69. The molecule has 90 valence electrons. The number of nitrogens with two attached hydrogens (primary N) is 1. The highest BCUT2D eigenvalue weighted by Gasteiger charge is 2.12. The average Bonchev–Trinajstić information content (AvgIpc) is 2.09. The van der Waals surface area contributed by atoms with Gasteiger partial charge in [0.15, 0.2) is 0 Å². The molecule has 1 aromatic rings. The molecule has 0 aromatic heterocycles. The number of sulfone groups is 1. The Morgan fingerprint density at radius 2 is 2.12 bits per heavy atom. The molecular formula is C10H15FN2O2S. The summed E-state index contributed by atoms with van der Waals surface area (Å²) in [6.45, 7) is 1.70. The van der Waals surface area contributed by atoms with Crippen LogP contribution >= 0.6 is 0 Å². The van der Waals surface area contributed by atoms with E-state index in [1.54, 1.807) is 13.0 Å². The summed E-state index contributed by atoms with van der Waals surface area (Å²) in [6.07, 6.45) is 1.15. The largest absolute Gasteiger partial charge is 0.395 e. The molecular weight excluding hydrogens is 231 g/mol. The summed E-state index contributed by atoms with van der Waals surface area (Å²) < 4.78 is 35.2. The molecule has 4 nitrogen and oxygen atoms in total. The Labute approximate surface area is 94.6 Å². The first-order chi connectivity index (χ1) is 7.29. The number of rotatable bonds is 4. The number of hydrogen-bond acceptors (Lipinski definition) is 4. The molecule has 0 aliphatic carbocycles. The Bertz CT molecular complexity index is 474. The lowest BCUT2D eigenvalue weighted by Gasteiger charge is -2.15. The van der Waals surface area contributed by atoms with Crippen LogP contribution in [0.25, 0.3) is 0 Å². The Balaban J connectivity index is 2.77. The maximum atomic E-state index is 13.1. The summed E-state index contributed by atoms with van der Waals surface area (Å²) in [4.78, 5) is 0. The van der Waals surface area contributed by atoms with Gasteiger partial charge in [-0.2, -0.15) is 0 Å². The van der Waals surface area contributed by atoms with E-state index in [9.17, 15) is 12.8 Å². The van der Waals surface area contributed by atoms with E-state index in [1.165, 1.54) is 12.1 Å². The normalized spacial score (nSPS) is 13.4. The van der Waals surface area contributed by atoms with Crippen molar-refractivity contribution in [3.05, 3.63) is 24.0 Å². The fraction of sp³-hybridized carbons (Fsp3) is 0.400. The number of hydrogen-bond donors (Lipinski definition) is 2. The van der Waals surface area contributed by atoms with Crippen molar-refractivity contribution in [3.63, 3.8) is 0 Å². The molecule has 6 heteroatoms. The van der Waals surface area contributed by atoms with Gasteiger partial charge in [-0.05, 0) is 19.1 Å². The van der Waals surface area contributed by atoms with Gasteiger partial charge in [0.05, 0.1) is 17.1 Å². The molecule has 0 radical (unpaired) electrons. The first-order valence-corrected chi connectivity index (χ1v) is 6.84. The predicted octanol–water partition coefficient (Wildman–Crippen LogP) is 1.25. The van der Waals surface area contributed by atoms with Crippen LogP contribution in [0.2, 0.25) is 0 Å².